The average molecular weight is 1000 g/mol. The van der Waals surface area contributed by atoms with E-state index in [0.29, 0.717) is 53.4 Å². The van der Waals surface area contributed by atoms with E-state index in [0.717, 1.165) is 0 Å². The molecule has 7 atom stereocenters. The second-order valence-corrected chi connectivity index (χ2v) is 16.7. The number of Topliss-reactive ketones (excluding diaryl/α,β-unsaturated/α-hetero) is 1. The van der Waals surface area contributed by atoms with Crippen LogP contribution in [0.4, 0.5) is 5.69 Å². The number of aliphatic hydroxyl groups is 3. The molecule has 362 valence electrons. The van der Waals surface area contributed by atoms with E-state index in [1.54, 1.807) is 24.3 Å². The minimum absolute atomic E-state index is 0. The average Bonchev–Trinajstić information content (AvgIpc) is 3.64. The first-order valence-corrected chi connectivity index (χ1v) is 22.0. The van der Waals surface area contributed by atoms with Gasteiger partial charge in [-0.2, -0.15) is 0 Å². The number of carboxylic acids is 2. The third kappa shape index (κ3) is 14.9. The van der Waals surface area contributed by atoms with Gasteiger partial charge in [-0.25, -0.2) is 4.79 Å². The predicted octanol–water partition coefficient (Wildman–Crippen LogP) is -2.75. The third-order valence-electron chi connectivity index (χ3n) is 11.4. The van der Waals surface area contributed by atoms with Crippen molar-refractivity contribution >= 4 is 69.3 Å². The van der Waals surface area contributed by atoms with Gasteiger partial charge in [-0.3, -0.25) is 28.8 Å². The number of rotatable bonds is 21. The Morgan fingerprint density at radius 3 is 2.22 bits per heavy atom. The largest absolute Gasteiger partial charge is 1.00 e. The molecule has 0 spiro atoms. The molecule has 2 aromatic rings. The molecule has 3 amide bonds. The van der Waals surface area contributed by atoms with Crippen molar-refractivity contribution < 1.29 is 125 Å². The van der Waals surface area contributed by atoms with Crippen LogP contribution in [0.3, 0.4) is 0 Å². The van der Waals surface area contributed by atoms with Crippen molar-refractivity contribution in [3.8, 4) is 28.2 Å². The fourth-order valence-corrected chi connectivity index (χ4v) is 8.12. The summed E-state index contributed by atoms with van der Waals surface area (Å²) in [6, 6.07) is 12.8. The second kappa shape index (κ2) is 25.6. The summed E-state index contributed by atoms with van der Waals surface area (Å²) < 4.78 is 17.0. The molecule has 2 aromatic carbocycles. The van der Waals surface area contributed by atoms with Crippen LogP contribution in [0.2, 0.25) is 0 Å². The fourth-order valence-electron chi connectivity index (χ4n) is 7.98. The van der Waals surface area contributed by atoms with Gasteiger partial charge in [0, 0.05) is 53.6 Å². The summed E-state index contributed by atoms with van der Waals surface area (Å²) in [6.07, 6.45) is -2.38. The first-order valence-electron chi connectivity index (χ1n) is 21.6. The Balaban J connectivity index is 0.00000888. The van der Waals surface area contributed by atoms with Crippen LogP contribution in [0.15, 0.2) is 76.0 Å². The smallest absolute Gasteiger partial charge is 0.872 e. The Labute approximate surface area is 441 Å². The molecule has 0 unspecified atom stereocenters. The number of carboxylic acid groups (broad SMARTS) is 2. The van der Waals surface area contributed by atoms with Crippen molar-refractivity contribution in [1.29, 1.82) is 0 Å². The zero-order chi connectivity index (χ0) is 49.1. The van der Waals surface area contributed by atoms with E-state index >= 15 is 0 Å². The molecule has 2 heterocycles. The fraction of sp³-hybridized carbons (Fsp3) is 0.391. The maximum atomic E-state index is 12.5. The van der Waals surface area contributed by atoms with Gasteiger partial charge < -0.3 is 71.1 Å². The number of nitrogens with one attached hydrogen (secondary N) is 5. The van der Waals surface area contributed by atoms with Crippen LogP contribution in [-0.2, 0) is 33.4 Å². The third-order valence-corrected chi connectivity index (χ3v) is 11.7. The van der Waals surface area contributed by atoms with Crippen molar-refractivity contribution in [3.63, 3.8) is 0 Å². The maximum absolute atomic E-state index is 12.5. The number of ketones is 1. The summed E-state index contributed by atoms with van der Waals surface area (Å²) >= 11 is 5.32. The number of carbonyl (C=O) groups excluding carboxylic acids is 4. The quantitative estimate of drug-likeness (QED) is 0.0133. The van der Waals surface area contributed by atoms with Gasteiger partial charge in [-0.15, -0.1) is 5.75 Å². The van der Waals surface area contributed by atoms with Gasteiger partial charge in [0.2, 0.25) is 17.7 Å². The first-order chi connectivity index (χ1) is 32.5. The van der Waals surface area contributed by atoms with E-state index < -0.39 is 73.5 Å². The van der Waals surface area contributed by atoms with Crippen LogP contribution in [0.25, 0.3) is 33.4 Å². The van der Waals surface area contributed by atoms with Crippen molar-refractivity contribution in [2.75, 3.05) is 44.6 Å². The zero-order valence-corrected chi connectivity index (χ0v) is 41.2. The van der Waals surface area contributed by atoms with Crippen LogP contribution >= 0.6 is 12.2 Å². The molecular formula is C46H50KN5O16S. The molecular weight excluding hydrogens is 950 g/mol. The monoisotopic (exact) mass is 999 g/mol. The van der Waals surface area contributed by atoms with E-state index in [9.17, 15) is 59.1 Å². The SMILES string of the molecule is O=C(O)C[C@H]1CCC(=O)[C@@H]1C/C=C\CCO[C@@H]1O[C@H](CNC(=O)CNC(=O)CNC(=O)CNC(=S)CNc2ccc(-c3c4ccc(=O)cc-4oc4cc([O-])ccc34)c(C(=O)O)c2)[C@H](O)[C@H](O)[C@H]1O.[K+]. The number of aliphatic hydroxyl groups excluding tert-OH is 3. The number of allylic oxidation sites excluding steroid dienone is 1. The van der Waals surface area contributed by atoms with Crippen LogP contribution in [0, 0.1) is 11.8 Å². The molecule has 1 saturated carbocycles. The summed E-state index contributed by atoms with van der Waals surface area (Å²) in [4.78, 5) is 85.4. The minimum Gasteiger partial charge on any atom is -0.872 e. The van der Waals surface area contributed by atoms with Crippen molar-refractivity contribution in [3.05, 3.63) is 82.5 Å². The van der Waals surface area contributed by atoms with Gasteiger partial charge in [0.15, 0.2) is 11.7 Å². The summed E-state index contributed by atoms with van der Waals surface area (Å²) in [6.45, 7) is -1.65. The number of thiocarbonyl (C=S) groups is 1. The molecule has 6 rings (SSSR count). The summed E-state index contributed by atoms with van der Waals surface area (Å²) in [7, 11) is 0. The number of hydrogen-bond acceptors (Lipinski definition) is 16. The van der Waals surface area contributed by atoms with Gasteiger partial charge in [0.25, 0.3) is 0 Å². The summed E-state index contributed by atoms with van der Waals surface area (Å²) in [5.74, 6) is -4.92. The summed E-state index contributed by atoms with van der Waals surface area (Å²) in [5.41, 5.74) is 1.33. The molecule has 0 aromatic heterocycles. The molecule has 0 bridgehead atoms. The van der Waals surface area contributed by atoms with Crippen LogP contribution in [0.5, 0.6) is 5.75 Å². The topological polar surface area (TPSA) is 335 Å². The number of anilines is 1. The maximum Gasteiger partial charge on any atom is 1.00 e. The van der Waals surface area contributed by atoms with Gasteiger partial charge in [-0.1, -0.05) is 42.6 Å². The van der Waals surface area contributed by atoms with Crippen LogP contribution in [0.1, 0.15) is 42.5 Å². The minimum atomic E-state index is -1.67. The van der Waals surface area contributed by atoms with Gasteiger partial charge in [0.1, 0.15) is 41.5 Å². The van der Waals surface area contributed by atoms with Gasteiger partial charge in [0.05, 0.1) is 43.3 Å². The van der Waals surface area contributed by atoms with Gasteiger partial charge in [-0.05, 0) is 61.1 Å². The number of aromatic carboxylic acids is 1. The number of aliphatic carboxylic acids is 1. The first kappa shape index (κ1) is 54.8. The molecule has 1 saturated heterocycles. The number of carbonyl (C=O) groups is 6. The van der Waals surface area contributed by atoms with Gasteiger partial charge >= 0.3 is 63.3 Å². The Hall–Kier alpha value is -5.18. The molecule has 23 heteroatoms. The van der Waals surface area contributed by atoms with E-state index in [2.05, 4.69) is 26.6 Å². The van der Waals surface area contributed by atoms with E-state index in [1.165, 1.54) is 42.5 Å². The Kier molecular flexibility index (Phi) is 20.3. The van der Waals surface area contributed by atoms with Crippen LogP contribution in [-0.4, -0.2) is 136 Å². The molecule has 0 radical (unpaired) electrons. The molecule has 21 nitrogen and oxygen atoms in total. The van der Waals surface area contributed by atoms with E-state index in [1.807, 2.05) is 0 Å². The van der Waals surface area contributed by atoms with E-state index in [-0.39, 0.29) is 135 Å². The van der Waals surface area contributed by atoms with E-state index in [4.69, 9.17) is 31.2 Å². The zero-order valence-electron chi connectivity index (χ0n) is 37.3. The standard InChI is InChI=1S/C46H51N5O16S.K/c52-25-7-10-29-33(16-25)66-34-17-26(53)8-11-30(34)41(29)28-9-6-24(15-31(28)45(63)64)47-22-39(68)51-21-38(57)50-20-37(56)49-19-36(55)48-18-35-42(60)43(61)44(62)46(67-35)65-13-3-1-2-4-27-23(14-40(58)59)5-12-32(27)54;/h1-2,6-11,15-17,23,27,35,42-44,46-47,52,60-62H,3-5,12-14,18-22H2,(H,48,55)(H,49,56)(H,50,57)(H,51,68)(H,58,59)(H,63,64);/q;+1/p-1/b2-1-;/t23-,27-,35-,42+,43+,44-,46-;/m1./s1. The van der Waals surface area contributed by atoms with Crippen LogP contribution < -0.4 is 88.5 Å². The molecule has 2 aliphatic heterocycles. The Bertz CT molecular complexity index is 2610. The second-order valence-electron chi connectivity index (χ2n) is 16.2. The molecule has 69 heavy (non-hydrogen) atoms. The normalized spacial score (nSPS) is 21.1. The molecule has 2 fully saturated rings. The predicted molar refractivity (Wildman–Crippen MR) is 244 cm³/mol. The van der Waals surface area contributed by atoms with Crippen molar-refractivity contribution in [2.45, 2.75) is 62.8 Å². The van der Waals surface area contributed by atoms with Crippen molar-refractivity contribution in [2.24, 2.45) is 11.8 Å². The number of ether oxygens (including phenoxy) is 2. The Morgan fingerprint density at radius 2 is 1.51 bits per heavy atom. The Morgan fingerprint density at radius 1 is 0.812 bits per heavy atom. The number of fused-ring (bicyclic) bond motifs is 2. The number of hydrogen-bond donors (Lipinski definition) is 10. The number of benzene rings is 3. The number of amides is 3. The summed E-state index contributed by atoms with van der Waals surface area (Å²) in [5, 5.41) is 76.0. The van der Waals surface area contributed by atoms with Crippen molar-refractivity contribution in [1.82, 2.24) is 21.3 Å². The molecule has 10 N–H and O–H groups in total. The molecule has 2 aliphatic carbocycles. The molecule has 4 aliphatic rings.